The molecule has 1 aromatic rings. The van der Waals surface area contributed by atoms with Gasteiger partial charge in [-0.15, -0.1) is 0 Å². The fourth-order valence-electron chi connectivity index (χ4n) is 9.94. The number of rotatable bonds is 4. The Labute approximate surface area is 214 Å². The third-order valence-corrected chi connectivity index (χ3v) is 11.4. The summed E-state index contributed by atoms with van der Waals surface area (Å²) in [4.78, 5) is 42.2. The molecular weight excluding hydrogens is 450 g/mol. The Kier molecular flexibility index (Phi) is 5.18. The Morgan fingerprint density at radius 3 is 2.44 bits per heavy atom. The lowest BCUT2D eigenvalue weighted by molar-refractivity contribution is -0.194. The van der Waals surface area contributed by atoms with Gasteiger partial charge in [0.15, 0.2) is 0 Å². The molecule has 3 saturated carbocycles. The number of carboxylic acid groups (broad SMARTS) is 1. The molecule has 5 heteroatoms. The number of imide groups is 1. The van der Waals surface area contributed by atoms with Crippen molar-refractivity contribution in [3.05, 3.63) is 47.5 Å². The zero-order chi connectivity index (χ0) is 25.6. The second kappa shape index (κ2) is 7.79. The monoisotopic (exact) mass is 489 g/mol. The minimum absolute atomic E-state index is 0.00136. The maximum absolute atomic E-state index is 14.2. The molecule has 1 heterocycles. The number of likely N-dealkylation sites (tertiary alicyclic amines) is 1. The predicted molar refractivity (Wildman–Crippen MR) is 136 cm³/mol. The largest absolute Gasteiger partial charge is 0.481 e. The van der Waals surface area contributed by atoms with Gasteiger partial charge in [-0.2, -0.15) is 0 Å². The first-order chi connectivity index (χ1) is 17.0. The van der Waals surface area contributed by atoms with Crippen molar-refractivity contribution in [2.24, 2.45) is 51.8 Å². The van der Waals surface area contributed by atoms with Crippen molar-refractivity contribution in [1.82, 2.24) is 4.90 Å². The van der Waals surface area contributed by atoms with Gasteiger partial charge in [-0.1, -0.05) is 69.2 Å². The molecule has 1 saturated heterocycles. The summed E-state index contributed by atoms with van der Waals surface area (Å²) in [7, 11) is 0. The average molecular weight is 490 g/mol. The van der Waals surface area contributed by atoms with Crippen LogP contribution in [0.25, 0.3) is 0 Å². The number of amides is 2. The number of carbonyl (C=O) groups is 3. The lowest BCUT2D eigenvalue weighted by Gasteiger charge is -2.68. The summed E-state index contributed by atoms with van der Waals surface area (Å²) >= 11 is 0. The third-order valence-electron chi connectivity index (χ3n) is 11.4. The normalized spacial score (nSPS) is 43.2. The van der Waals surface area contributed by atoms with Crippen molar-refractivity contribution in [2.45, 2.75) is 72.8 Å². The van der Waals surface area contributed by atoms with E-state index in [-0.39, 0.29) is 52.2 Å². The van der Waals surface area contributed by atoms with Crippen LogP contribution in [0.2, 0.25) is 0 Å². The molecule has 0 radical (unpaired) electrons. The van der Waals surface area contributed by atoms with Gasteiger partial charge in [-0.25, -0.2) is 0 Å². The molecule has 2 bridgehead atoms. The molecule has 36 heavy (non-hydrogen) atoms. The summed E-state index contributed by atoms with van der Waals surface area (Å²) < 4.78 is 0. The summed E-state index contributed by atoms with van der Waals surface area (Å²) in [5.74, 6) is -0.486. The van der Waals surface area contributed by atoms with E-state index >= 15 is 0 Å². The van der Waals surface area contributed by atoms with E-state index < -0.39 is 11.4 Å². The highest BCUT2D eigenvalue weighted by Crippen LogP contribution is 2.74. The van der Waals surface area contributed by atoms with Crippen LogP contribution in [0, 0.1) is 51.8 Å². The lowest BCUT2D eigenvalue weighted by atomic mass is 9.34. The van der Waals surface area contributed by atoms with Crippen LogP contribution in [0.15, 0.2) is 42.0 Å². The van der Waals surface area contributed by atoms with E-state index in [9.17, 15) is 19.5 Å². The Morgan fingerprint density at radius 1 is 1.06 bits per heavy atom. The van der Waals surface area contributed by atoms with Crippen LogP contribution in [0.4, 0.5) is 0 Å². The van der Waals surface area contributed by atoms with Crippen molar-refractivity contribution in [3.63, 3.8) is 0 Å². The molecule has 0 aromatic heterocycles. The summed E-state index contributed by atoms with van der Waals surface area (Å²) in [5.41, 5.74) is 1.14. The number of nitrogens with zero attached hydrogens (tertiary/aromatic N) is 1. The van der Waals surface area contributed by atoms with Crippen LogP contribution < -0.4 is 0 Å². The molecule has 1 aromatic carbocycles. The molecule has 192 valence electrons. The van der Waals surface area contributed by atoms with Gasteiger partial charge in [0, 0.05) is 5.41 Å². The Hall–Kier alpha value is -2.43. The zero-order valence-corrected chi connectivity index (χ0v) is 22.0. The number of aliphatic carboxylic acids is 1. The molecule has 2 amide bonds. The number of fused-ring (bicyclic) bond motifs is 1. The molecule has 5 nitrogen and oxygen atoms in total. The SMILES string of the molecule is CC(C)C1=C[C@]23CC[C@@H]4[C@@](C)(CCC[C@]4(C)C(=O)O)[C@@H]2C[C@@H]1[C@@H]1C(=O)N(Cc2ccccc2)C(=O)[C@@H]13. The number of carboxylic acids is 1. The van der Waals surface area contributed by atoms with Crippen molar-refractivity contribution in [2.75, 3.05) is 0 Å². The maximum Gasteiger partial charge on any atom is 0.309 e. The molecule has 8 atom stereocenters. The Morgan fingerprint density at radius 2 is 1.78 bits per heavy atom. The van der Waals surface area contributed by atoms with Crippen LogP contribution in [-0.2, 0) is 20.9 Å². The van der Waals surface area contributed by atoms with E-state index in [2.05, 4.69) is 26.8 Å². The molecule has 4 fully saturated rings. The Balaban J connectivity index is 1.45. The highest BCUT2D eigenvalue weighted by atomic mass is 16.4. The van der Waals surface area contributed by atoms with Crippen LogP contribution in [0.3, 0.4) is 0 Å². The summed E-state index contributed by atoms with van der Waals surface area (Å²) in [6.07, 6.45) is 7.63. The molecule has 1 spiro atoms. The fourth-order valence-corrected chi connectivity index (χ4v) is 9.94. The van der Waals surface area contributed by atoms with Gasteiger partial charge in [-0.05, 0) is 73.7 Å². The van der Waals surface area contributed by atoms with Crippen molar-refractivity contribution in [3.8, 4) is 0 Å². The topological polar surface area (TPSA) is 74.7 Å². The highest BCUT2D eigenvalue weighted by Gasteiger charge is 2.73. The van der Waals surface area contributed by atoms with E-state index in [0.29, 0.717) is 12.5 Å². The molecule has 5 aliphatic carbocycles. The van der Waals surface area contributed by atoms with Gasteiger partial charge in [-0.3, -0.25) is 19.3 Å². The van der Waals surface area contributed by atoms with Gasteiger partial charge < -0.3 is 5.11 Å². The van der Waals surface area contributed by atoms with E-state index in [4.69, 9.17) is 0 Å². The molecule has 0 unspecified atom stereocenters. The number of hydrogen-bond acceptors (Lipinski definition) is 3. The van der Waals surface area contributed by atoms with Crippen molar-refractivity contribution >= 4 is 17.8 Å². The quantitative estimate of drug-likeness (QED) is 0.435. The van der Waals surface area contributed by atoms with E-state index in [1.807, 2.05) is 37.3 Å². The first-order valence-electron chi connectivity index (χ1n) is 13.9. The predicted octanol–water partition coefficient (Wildman–Crippen LogP) is 5.70. The number of carbonyl (C=O) groups excluding carboxylic acids is 2. The first kappa shape index (κ1) is 23.9. The summed E-state index contributed by atoms with van der Waals surface area (Å²) in [6.45, 7) is 9.05. The lowest BCUT2D eigenvalue weighted by Crippen LogP contribution is -2.65. The highest BCUT2D eigenvalue weighted by molar-refractivity contribution is 6.06. The molecular formula is C31H39NO4. The minimum atomic E-state index is -0.718. The third kappa shape index (κ3) is 2.92. The molecule has 1 N–H and O–H groups in total. The van der Waals surface area contributed by atoms with E-state index in [0.717, 1.165) is 44.1 Å². The van der Waals surface area contributed by atoms with Gasteiger partial charge in [0.2, 0.25) is 11.8 Å². The van der Waals surface area contributed by atoms with Crippen LogP contribution in [0.1, 0.15) is 71.8 Å². The second-order valence-electron chi connectivity index (χ2n) is 13.2. The fraction of sp³-hybridized carbons (Fsp3) is 0.645. The summed E-state index contributed by atoms with van der Waals surface area (Å²) in [6, 6.07) is 9.82. The zero-order valence-electron chi connectivity index (χ0n) is 22.0. The minimum Gasteiger partial charge on any atom is -0.481 e. The van der Waals surface area contributed by atoms with Crippen LogP contribution >= 0.6 is 0 Å². The van der Waals surface area contributed by atoms with Crippen molar-refractivity contribution < 1.29 is 19.5 Å². The molecule has 7 rings (SSSR count). The van der Waals surface area contributed by atoms with E-state index in [1.54, 1.807) is 4.90 Å². The van der Waals surface area contributed by atoms with Gasteiger partial charge >= 0.3 is 5.97 Å². The standard InChI is InChI=1S/C31H39NO4/c1-18(2)21-16-31-14-11-22-29(3,12-8-13-30(22,4)28(35)36)23(31)15-20(21)24-25(31)27(34)32(26(24)33)17-19-9-6-5-7-10-19/h5-7,9-10,16,18,20,22-25H,8,11-15,17H2,1-4H3,(H,35,36)/t20-,22+,23-,24-,25+,29+,30-,31+/m0/s1. The smallest absolute Gasteiger partial charge is 0.309 e. The molecule has 6 aliphatic rings. The Bertz CT molecular complexity index is 1160. The maximum atomic E-state index is 14.2. The van der Waals surface area contributed by atoms with Gasteiger partial charge in [0.05, 0.1) is 23.8 Å². The van der Waals surface area contributed by atoms with Gasteiger partial charge in [0.25, 0.3) is 0 Å². The first-order valence-corrected chi connectivity index (χ1v) is 13.9. The average Bonchev–Trinajstić information content (AvgIpc) is 3.11. The molecule has 1 aliphatic heterocycles. The summed E-state index contributed by atoms with van der Waals surface area (Å²) in [5, 5.41) is 10.3. The van der Waals surface area contributed by atoms with Crippen LogP contribution in [0.5, 0.6) is 0 Å². The number of hydrogen-bond donors (Lipinski definition) is 1. The van der Waals surface area contributed by atoms with Gasteiger partial charge in [0.1, 0.15) is 0 Å². The number of allylic oxidation sites excluding steroid dienone is 2. The number of benzene rings is 1. The van der Waals surface area contributed by atoms with Crippen molar-refractivity contribution in [1.29, 1.82) is 0 Å². The second-order valence-corrected chi connectivity index (χ2v) is 13.2. The van der Waals surface area contributed by atoms with E-state index in [1.165, 1.54) is 5.57 Å². The van der Waals surface area contributed by atoms with Crippen LogP contribution in [-0.4, -0.2) is 27.8 Å².